The highest BCUT2D eigenvalue weighted by Gasteiger charge is 2.17. The van der Waals surface area contributed by atoms with Crippen LogP contribution in [0.1, 0.15) is 48.9 Å². The third kappa shape index (κ3) is 4.87. The zero-order chi connectivity index (χ0) is 14.5. The third-order valence-electron chi connectivity index (χ3n) is 4.19. The molecular weight excluding hydrogens is 264 g/mol. The number of nitrogens with zero attached hydrogens (tertiary/aromatic N) is 1. The summed E-state index contributed by atoms with van der Waals surface area (Å²) in [5, 5.41) is 3.55. The molecule has 0 saturated carbocycles. The molecule has 1 fully saturated rings. The molecule has 1 aromatic rings. The fourth-order valence-corrected chi connectivity index (χ4v) is 3.80. The fourth-order valence-electron chi connectivity index (χ4n) is 2.78. The fraction of sp³-hybridized carbons (Fsp3) is 0.765. The first kappa shape index (κ1) is 16.0. The molecule has 3 heteroatoms. The Kier molecular flexibility index (Phi) is 6.06. The topological polar surface area (TPSA) is 15.3 Å². The van der Waals surface area contributed by atoms with Crippen molar-refractivity contribution in [3.05, 3.63) is 21.4 Å². The Morgan fingerprint density at radius 2 is 2.05 bits per heavy atom. The number of likely N-dealkylation sites (tertiary alicyclic amines) is 1. The lowest BCUT2D eigenvalue weighted by Crippen LogP contribution is -2.32. The molecular formula is C17H30N2S. The van der Waals surface area contributed by atoms with E-state index in [1.807, 2.05) is 11.3 Å². The van der Waals surface area contributed by atoms with Crippen molar-refractivity contribution >= 4 is 11.3 Å². The number of hydrogen-bond donors (Lipinski definition) is 1. The van der Waals surface area contributed by atoms with Crippen LogP contribution in [0.3, 0.4) is 0 Å². The summed E-state index contributed by atoms with van der Waals surface area (Å²) in [7, 11) is 0. The van der Waals surface area contributed by atoms with Gasteiger partial charge in [0.1, 0.15) is 0 Å². The van der Waals surface area contributed by atoms with Crippen LogP contribution in [-0.4, -0.2) is 24.5 Å². The first-order chi connectivity index (χ1) is 9.54. The Labute approximate surface area is 128 Å². The smallest absolute Gasteiger partial charge is 0.0300 e. The average Bonchev–Trinajstić information content (AvgIpc) is 2.72. The van der Waals surface area contributed by atoms with Gasteiger partial charge in [0.2, 0.25) is 0 Å². The van der Waals surface area contributed by atoms with Crippen LogP contribution in [0.15, 0.2) is 6.07 Å². The molecule has 2 nitrogen and oxygen atoms in total. The maximum atomic E-state index is 3.55. The molecule has 0 atom stereocenters. The molecule has 0 bridgehead atoms. The van der Waals surface area contributed by atoms with E-state index < -0.39 is 0 Å². The van der Waals surface area contributed by atoms with E-state index in [1.54, 1.807) is 5.56 Å². The highest BCUT2D eigenvalue weighted by molar-refractivity contribution is 7.12. The monoisotopic (exact) mass is 294 g/mol. The van der Waals surface area contributed by atoms with Gasteiger partial charge in [0.15, 0.2) is 0 Å². The van der Waals surface area contributed by atoms with E-state index in [-0.39, 0.29) is 0 Å². The lowest BCUT2D eigenvalue weighted by atomic mass is 9.99. The predicted octanol–water partition coefficient (Wildman–Crippen LogP) is 4.03. The van der Waals surface area contributed by atoms with Gasteiger partial charge in [-0.05, 0) is 62.9 Å². The van der Waals surface area contributed by atoms with Crippen LogP contribution in [0.4, 0.5) is 0 Å². The number of aryl methyl sites for hydroxylation is 1. The molecule has 0 aromatic carbocycles. The Morgan fingerprint density at radius 1 is 1.35 bits per heavy atom. The van der Waals surface area contributed by atoms with Crippen LogP contribution in [0.5, 0.6) is 0 Å². The number of rotatable bonds is 6. The van der Waals surface area contributed by atoms with Crippen LogP contribution in [-0.2, 0) is 13.1 Å². The normalized spacial score (nSPS) is 18.1. The summed E-state index contributed by atoms with van der Waals surface area (Å²) in [5.74, 6) is 1.65. The third-order valence-corrected chi connectivity index (χ3v) is 5.29. The molecule has 0 aliphatic carbocycles. The lowest BCUT2D eigenvalue weighted by Gasteiger charge is -2.30. The largest absolute Gasteiger partial charge is 0.312 e. The minimum absolute atomic E-state index is 0.728. The Hall–Kier alpha value is -0.380. The van der Waals surface area contributed by atoms with Crippen molar-refractivity contribution in [3.8, 4) is 0 Å². The van der Waals surface area contributed by atoms with E-state index in [9.17, 15) is 0 Å². The molecule has 1 saturated heterocycles. The highest BCUT2D eigenvalue weighted by Crippen LogP contribution is 2.25. The van der Waals surface area contributed by atoms with E-state index in [0.717, 1.165) is 31.5 Å². The zero-order valence-electron chi connectivity index (χ0n) is 13.5. The van der Waals surface area contributed by atoms with Crippen molar-refractivity contribution in [2.45, 2.75) is 53.6 Å². The SMILES string of the molecule is Cc1sc(CNCC(C)C)cc1CN1CCC(C)CC1. The summed E-state index contributed by atoms with van der Waals surface area (Å²) in [4.78, 5) is 5.62. The van der Waals surface area contributed by atoms with E-state index in [0.29, 0.717) is 0 Å². The lowest BCUT2D eigenvalue weighted by molar-refractivity contribution is 0.185. The zero-order valence-corrected chi connectivity index (χ0v) is 14.4. The maximum absolute atomic E-state index is 3.55. The minimum Gasteiger partial charge on any atom is -0.312 e. The molecule has 114 valence electrons. The van der Waals surface area contributed by atoms with Crippen LogP contribution >= 0.6 is 11.3 Å². The van der Waals surface area contributed by atoms with Crippen molar-refractivity contribution in [1.82, 2.24) is 10.2 Å². The molecule has 1 aliphatic heterocycles. The number of piperidine rings is 1. The minimum atomic E-state index is 0.728. The summed E-state index contributed by atoms with van der Waals surface area (Å²) >= 11 is 1.97. The van der Waals surface area contributed by atoms with Gasteiger partial charge in [0, 0.05) is 22.8 Å². The van der Waals surface area contributed by atoms with Crippen molar-refractivity contribution in [2.75, 3.05) is 19.6 Å². The van der Waals surface area contributed by atoms with Gasteiger partial charge in [-0.1, -0.05) is 20.8 Å². The van der Waals surface area contributed by atoms with E-state index in [4.69, 9.17) is 0 Å². The van der Waals surface area contributed by atoms with Gasteiger partial charge < -0.3 is 5.32 Å². The van der Waals surface area contributed by atoms with Gasteiger partial charge in [-0.2, -0.15) is 0 Å². The molecule has 0 radical (unpaired) electrons. The predicted molar refractivity (Wildman–Crippen MR) is 89.3 cm³/mol. The Morgan fingerprint density at radius 3 is 2.70 bits per heavy atom. The second-order valence-corrected chi connectivity index (χ2v) is 8.12. The van der Waals surface area contributed by atoms with E-state index in [2.05, 4.69) is 44.0 Å². The Bertz CT molecular complexity index is 403. The summed E-state index contributed by atoms with van der Waals surface area (Å²) in [5.41, 5.74) is 1.55. The first-order valence-corrected chi connectivity index (χ1v) is 8.87. The van der Waals surface area contributed by atoms with Gasteiger partial charge in [-0.15, -0.1) is 11.3 Å². The molecule has 20 heavy (non-hydrogen) atoms. The van der Waals surface area contributed by atoms with E-state index >= 15 is 0 Å². The van der Waals surface area contributed by atoms with Gasteiger partial charge >= 0.3 is 0 Å². The van der Waals surface area contributed by atoms with Crippen LogP contribution in [0.2, 0.25) is 0 Å². The quantitative estimate of drug-likeness (QED) is 0.852. The van der Waals surface area contributed by atoms with Gasteiger partial charge in [0.05, 0.1) is 0 Å². The number of hydrogen-bond acceptors (Lipinski definition) is 3. The number of thiophene rings is 1. The summed E-state index contributed by atoms with van der Waals surface area (Å²) in [6.45, 7) is 15.0. The maximum Gasteiger partial charge on any atom is 0.0300 e. The van der Waals surface area contributed by atoms with E-state index in [1.165, 1.54) is 35.7 Å². The summed E-state index contributed by atoms with van der Waals surface area (Å²) in [6.07, 6.45) is 2.73. The molecule has 0 spiro atoms. The van der Waals surface area contributed by atoms with Crippen molar-refractivity contribution < 1.29 is 0 Å². The van der Waals surface area contributed by atoms with Gasteiger partial charge in [-0.3, -0.25) is 4.90 Å². The highest BCUT2D eigenvalue weighted by atomic mass is 32.1. The second-order valence-electron chi connectivity index (χ2n) is 6.78. The second kappa shape index (κ2) is 7.58. The van der Waals surface area contributed by atoms with Crippen LogP contribution in [0, 0.1) is 18.8 Å². The molecule has 0 unspecified atom stereocenters. The van der Waals surface area contributed by atoms with Crippen molar-refractivity contribution in [3.63, 3.8) is 0 Å². The molecule has 2 rings (SSSR count). The molecule has 2 heterocycles. The van der Waals surface area contributed by atoms with Gasteiger partial charge in [-0.25, -0.2) is 0 Å². The first-order valence-electron chi connectivity index (χ1n) is 8.06. The van der Waals surface area contributed by atoms with Crippen LogP contribution < -0.4 is 5.32 Å². The molecule has 0 amide bonds. The van der Waals surface area contributed by atoms with Crippen LogP contribution in [0.25, 0.3) is 0 Å². The van der Waals surface area contributed by atoms with Crippen molar-refractivity contribution in [1.29, 1.82) is 0 Å². The van der Waals surface area contributed by atoms with Crippen molar-refractivity contribution in [2.24, 2.45) is 11.8 Å². The summed E-state index contributed by atoms with van der Waals surface area (Å²) < 4.78 is 0. The molecule has 1 aliphatic rings. The van der Waals surface area contributed by atoms with Gasteiger partial charge in [0.25, 0.3) is 0 Å². The standard InChI is InChI=1S/C17H30N2S/c1-13(2)10-18-11-17-9-16(15(4)20-17)12-19-7-5-14(3)6-8-19/h9,13-14,18H,5-8,10-12H2,1-4H3. The Balaban J connectivity index is 1.84. The molecule has 1 aromatic heterocycles. The average molecular weight is 295 g/mol. The number of nitrogens with one attached hydrogen (secondary N) is 1. The molecule has 1 N–H and O–H groups in total. The summed E-state index contributed by atoms with van der Waals surface area (Å²) in [6, 6.07) is 2.42.